The van der Waals surface area contributed by atoms with Crippen LogP contribution in [0.4, 0.5) is 0 Å². The van der Waals surface area contributed by atoms with Crippen LogP contribution in [0.5, 0.6) is 0 Å². The van der Waals surface area contributed by atoms with Gasteiger partial charge in [-0.1, -0.05) is 11.2 Å². The van der Waals surface area contributed by atoms with Crippen LogP contribution >= 0.6 is 0 Å². The van der Waals surface area contributed by atoms with E-state index in [1.54, 1.807) is 6.20 Å². The molecule has 3 heteroatoms. The second-order valence-corrected chi connectivity index (χ2v) is 2.07. The maximum atomic E-state index is 4.61. The first-order valence-corrected chi connectivity index (χ1v) is 3.33. The summed E-state index contributed by atoms with van der Waals surface area (Å²) in [6, 6.07) is 5.67. The van der Waals surface area contributed by atoms with E-state index in [0.717, 1.165) is 11.4 Å². The zero-order valence-corrected chi connectivity index (χ0v) is 6.61. The van der Waals surface area contributed by atoms with Gasteiger partial charge in [0.05, 0.1) is 5.69 Å². The number of nitrogens with zero attached hydrogens (tertiary/aromatic N) is 2. The highest BCUT2D eigenvalue weighted by Crippen LogP contribution is 1.95. The summed E-state index contributed by atoms with van der Waals surface area (Å²) in [6.45, 7) is 1.85. The van der Waals surface area contributed by atoms with Gasteiger partial charge in [-0.3, -0.25) is 4.98 Å². The van der Waals surface area contributed by atoms with Crippen LogP contribution in [0, 0.1) is 0 Å². The molecule has 0 aliphatic rings. The molecule has 0 N–H and O–H groups in total. The molecule has 0 aliphatic carbocycles. The van der Waals surface area contributed by atoms with Gasteiger partial charge in [-0.15, -0.1) is 0 Å². The SMILES string of the molecule is CON=C(C)c1ccccn1. The van der Waals surface area contributed by atoms with Gasteiger partial charge in [-0.25, -0.2) is 0 Å². The molecule has 1 aromatic heterocycles. The molecule has 1 rings (SSSR count). The molecule has 58 valence electrons. The Labute approximate surface area is 65.7 Å². The smallest absolute Gasteiger partial charge is 0.106 e. The van der Waals surface area contributed by atoms with Crippen molar-refractivity contribution < 1.29 is 4.84 Å². The number of pyridine rings is 1. The van der Waals surface area contributed by atoms with Gasteiger partial charge < -0.3 is 4.84 Å². The Morgan fingerprint density at radius 1 is 1.55 bits per heavy atom. The summed E-state index contributed by atoms with van der Waals surface area (Å²) in [5, 5.41) is 3.75. The molecule has 0 spiro atoms. The fraction of sp³-hybridized carbons (Fsp3) is 0.250. The molecular weight excluding hydrogens is 140 g/mol. The summed E-state index contributed by atoms with van der Waals surface area (Å²) in [4.78, 5) is 8.69. The molecule has 3 nitrogen and oxygen atoms in total. The molecule has 0 saturated carbocycles. The fourth-order valence-electron chi connectivity index (χ4n) is 0.760. The summed E-state index contributed by atoms with van der Waals surface area (Å²) in [5.74, 6) is 0. The largest absolute Gasteiger partial charge is 0.399 e. The van der Waals surface area contributed by atoms with Crippen LogP contribution in [0.3, 0.4) is 0 Å². The van der Waals surface area contributed by atoms with Gasteiger partial charge in [0.25, 0.3) is 0 Å². The minimum absolute atomic E-state index is 0.785. The second kappa shape index (κ2) is 3.71. The monoisotopic (exact) mass is 150 g/mol. The number of oxime groups is 1. The van der Waals surface area contributed by atoms with Crippen molar-refractivity contribution in [2.45, 2.75) is 6.92 Å². The zero-order valence-electron chi connectivity index (χ0n) is 6.61. The average molecular weight is 150 g/mol. The first kappa shape index (κ1) is 7.72. The molecule has 0 unspecified atom stereocenters. The molecule has 1 heterocycles. The van der Waals surface area contributed by atoms with E-state index in [4.69, 9.17) is 0 Å². The van der Waals surface area contributed by atoms with E-state index in [2.05, 4.69) is 15.0 Å². The maximum absolute atomic E-state index is 4.61. The zero-order chi connectivity index (χ0) is 8.10. The van der Waals surface area contributed by atoms with Crippen molar-refractivity contribution in [2.24, 2.45) is 5.16 Å². The highest BCUT2D eigenvalue weighted by atomic mass is 16.6. The Bertz CT molecular complexity index is 244. The minimum atomic E-state index is 0.785. The Hall–Kier alpha value is -1.38. The van der Waals surface area contributed by atoms with E-state index in [0.29, 0.717) is 0 Å². The Balaban J connectivity index is 2.85. The number of hydrogen-bond acceptors (Lipinski definition) is 3. The van der Waals surface area contributed by atoms with Crippen molar-refractivity contribution >= 4 is 5.71 Å². The van der Waals surface area contributed by atoms with Crippen LogP contribution in [0.1, 0.15) is 12.6 Å². The lowest BCUT2D eigenvalue weighted by Gasteiger charge is -1.96. The van der Waals surface area contributed by atoms with Gasteiger partial charge in [-0.05, 0) is 19.1 Å². The highest BCUT2D eigenvalue weighted by Gasteiger charge is 1.95. The Morgan fingerprint density at radius 3 is 2.91 bits per heavy atom. The first-order chi connectivity index (χ1) is 5.34. The standard InChI is InChI=1S/C8H10N2O/c1-7(10-11-2)8-5-3-4-6-9-8/h3-6H,1-2H3. The predicted molar refractivity (Wildman–Crippen MR) is 43.5 cm³/mol. The van der Waals surface area contributed by atoms with Crippen molar-refractivity contribution in [3.63, 3.8) is 0 Å². The van der Waals surface area contributed by atoms with E-state index in [-0.39, 0.29) is 0 Å². The normalized spacial score (nSPS) is 11.3. The van der Waals surface area contributed by atoms with Crippen molar-refractivity contribution in [2.75, 3.05) is 7.11 Å². The Morgan fingerprint density at radius 2 is 2.36 bits per heavy atom. The third-order valence-electron chi connectivity index (χ3n) is 1.26. The van der Waals surface area contributed by atoms with E-state index in [1.165, 1.54) is 7.11 Å². The molecule has 0 fully saturated rings. The topological polar surface area (TPSA) is 34.5 Å². The Kier molecular flexibility index (Phi) is 2.60. The molecule has 0 atom stereocenters. The maximum Gasteiger partial charge on any atom is 0.106 e. The van der Waals surface area contributed by atoms with Gasteiger partial charge in [-0.2, -0.15) is 0 Å². The number of hydrogen-bond donors (Lipinski definition) is 0. The van der Waals surface area contributed by atoms with Gasteiger partial charge in [0, 0.05) is 6.20 Å². The van der Waals surface area contributed by atoms with Crippen LogP contribution in [0.15, 0.2) is 29.6 Å². The molecule has 0 bridgehead atoms. The van der Waals surface area contributed by atoms with Crippen molar-refractivity contribution in [3.05, 3.63) is 30.1 Å². The lowest BCUT2D eigenvalue weighted by atomic mass is 10.3. The van der Waals surface area contributed by atoms with E-state index in [9.17, 15) is 0 Å². The van der Waals surface area contributed by atoms with Gasteiger partial charge >= 0.3 is 0 Å². The molecule has 0 aliphatic heterocycles. The predicted octanol–water partition coefficient (Wildman–Crippen LogP) is 1.45. The molecular formula is C8H10N2O. The number of aromatic nitrogens is 1. The van der Waals surface area contributed by atoms with Crippen molar-refractivity contribution in [3.8, 4) is 0 Å². The second-order valence-electron chi connectivity index (χ2n) is 2.07. The van der Waals surface area contributed by atoms with E-state index >= 15 is 0 Å². The lowest BCUT2D eigenvalue weighted by Crippen LogP contribution is -1.97. The van der Waals surface area contributed by atoms with E-state index in [1.807, 2.05) is 25.1 Å². The molecule has 0 amide bonds. The molecule has 0 aromatic carbocycles. The van der Waals surface area contributed by atoms with Crippen LogP contribution in [0.25, 0.3) is 0 Å². The summed E-state index contributed by atoms with van der Waals surface area (Å²) >= 11 is 0. The minimum Gasteiger partial charge on any atom is -0.399 e. The molecule has 11 heavy (non-hydrogen) atoms. The van der Waals surface area contributed by atoms with Crippen molar-refractivity contribution in [1.82, 2.24) is 4.98 Å². The van der Waals surface area contributed by atoms with Crippen LogP contribution in [-0.2, 0) is 4.84 Å². The number of rotatable bonds is 2. The summed E-state index contributed by atoms with van der Waals surface area (Å²) in [7, 11) is 1.52. The van der Waals surface area contributed by atoms with E-state index < -0.39 is 0 Å². The molecule has 0 saturated heterocycles. The van der Waals surface area contributed by atoms with Gasteiger partial charge in [0.2, 0.25) is 0 Å². The van der Waals surface area contributed by atoms with Gasteiger partial charge in [0.15, 0.2) is 0 Å². The molecule has 1 aromatic rings. The lowest BCUT2D eigenvalue weighted by molar-refractivity contribution is 0.213. The average Bonchev–Trinajstić information content (AvgIpc) is 2.07. The fourth-order valence-corrected chi connectivity index (χ4v) is 0.760. The summed E-state index contributed by atoms with van der Waals surface area (Å²) in [6.07, 6.45) is 1.73. The van der Waals surface area contributed by atoms with Crippen LogP contribution in [0.2, 0.25) is 0 Å². The van der Waals surface area contributed by atoms with Crippen molar-refractivity contribution in [1.29, 1.82) is 0 Å². The summed E-state index contributed by atoms with van der Waals surface area (Å²) < 4.78 is 0. The third kappa shape index (κ3) is 2.04. The highest BCUT2D eigenvalue weighted by molar-refractivity contribution is 5.96. The quantitative estimate of drug-likeness (QED) is 0.472. The summed E-state index contributed by atoms with van der Waals surface area (Å²) in [5.41, 5.74) is 1.63. The van der Waals surface area contributed by atoms with Crippen LogP contribution in [-0.4, -0.2) is 17.8 Å². The van der Waals surface area contributed by atoms with Crippen LogP contribution < -0.4 is 0 Å². The third-order valence-corrected chi connectivity index (χ3v) is 1.26. The molecule has 0 radical (unpaired) electrons. The van der Waals surface area contributed by atoms with Gasteiger partial charge in [0.1, 0.15) is 12.8 Å². The first-order valence-electron chi connectivity index (χ1n) is 3.33.